The van der Waals surface area contributed by atoms with Crippen LogP contribution in [0.3, 0.4) is 0 Å². The highest BCUT2D eigenvalue weighted by Crippen LogP contribution is 2.28. The first-order valence-electron chi connectivity index (χ1n) is 6.67. The molecule has 0 radical (unpaired) electrons. The molecular weight excluding hydrogens is 312 g/mol. The lowest BCUT2D eigenvalue weighted by molar-refractivity contribution is 0.0963. The Morgan fingerprint density at radius 3 is 2.67 bits per heavy atom. The van der Waals surface area contributed by atoms with Crippen LogP contribution >= 0.6 is 11.6 Å². The smallest absolute Gasteiger partial charge is 0.257 e. The van der Waals surface area contributed by atoms with E-state index in [0.717, 1.165) is 19.3 Å². The summed E-state index contributed by atoms with van der Waals surface area (Å²) >= 11 is 6.01. The van der Waals surface area contributed by atoms with E-state index in [9.17, 15) is 13.2 Å². The molecule has 0 spiro atoms. The Labute approximate surface area is 129 Å². The third-order valence-electron chi connectivity index (χ3n) is 3.29. The summed E-state index contributed by atoms with van der Waals surface area (Å²) in [4.78, 5) is 12.0. The van der Waals surface area contributed by atoms with Crippen LogP contribution < -0.4 is 10.0 Å². The van der Waals surface area contributed by atoms with Crippen LogP contribution in [0.25, 0.3) is 0 Å². The Kier molecular flexibility index (Phi) is 4.90. The van der Waals surface area contributed by atoms with Crippen molar-refractivity contribution in [2.75, 3.05) is 11.8 Å². The fourth-order valence-electron chi connectivity index (χ4n) is 2.15. The average Bonchev–Trinajstić information content (AvgIpc) is 2.49. The Hall–Kier alpha value is -1.53. The van der Waals surface area contributed by atoms with Crippen molar-refractivity contribution in [2.24, 2.45) is 0 Å². The molecule has 5 nitrogen and oxygen atoms in total. The molecule has 2 rings (SSSR count). The van der Waals surface area contributed by atoms with Crippen LogP contribution in [-0.2, 0) is 10.0 Å². The van der Waals surface area contributed by atoms with E-state index in [4.69, 9.17) is 11.6 Å². The molecule has 7 heteroatoms. The van der Waals surface area contributed by atoms with Crippen molar-refractivity contribution >= 4 is 33.2 Å². The van der Waals surface area contributed by atoms with Gasteiger partial charge in [-0.3, -0.25) is 9.52 Å². The number of sulfonamides is 1. The molecular formula is C14H17ClN2O3S. The fraction of sp³-hybridized carbons (Fsp3) is 0.357. The highest BCUT2D eigenvalue weighted by atomic mass is 35.5. The van der Waals surface area contributed by atoms with E-state index in [0.29, 0.717) is 16.9 Å². The summed E-state index contributed by atoms with van der Waals surface area (Å²) in [5.41, 5.74) is 0.557. The normalized spacial score (nSPS) is 15.2. The lowest BCUT2D eigenvalue weighted by Gasteiger charge is -2.16. The summed E-state index contributed by atoms with van der Waals surface area (Å²) in [5, 5.41) is 2.74. The van der Waals surface area contributed by atoms with E-state index in [1.807, 2.05) is 0 Å². The molecule has 21 heavy (non-hydrogen) atoms. The van der Waals surface area contributed by atoms with Crippen molar-refractivity contribution in [3.8, 4) is 0 Å². The molecule has 1 aliphatic carbocycles. The summed E-state index contributed by atoms with van der Waals surface area (Å²) < 4.78 is 27.1. The molecule has 0 saturated heterocycles. The number of hydrogen-bond acceptors (Lipinski definition) is 3. The zero-order chi connectivity index (χ0) is 15.5. The first-order chi connectivity index (χ1) is 9.94. The van der Waals surface area contributed by atoms with E-state index in [2.05, 4.69) is 10.0 Å². The molecule has 0 atom stereocenters. The van der Waals surface area contributed by atoms with Crippen molar-refractivity contribution in [3.63, 3.8) is 0 Å². The number of allylic oxidation sites excluding steroid dienone is 2. The molecule has 0 bridgehead atoms. The SMILES string of the molecule is CNC(=O)c1ccc(Cl)c(NS(=O)(=O)C2=CCCCC2)c1. The Bertz CT molecular complexity index is 683. The van der Waals surface area contributed by atoms with Gasteiger partial charge in [0.25, 0.3) is 15.9 Å². The number of amides is 1. The monoisotopic (exact) mass is 328 g/mol. The highest BCUT2D eigenvalue weighted by molar-refractivity contribution is 7.96. The number of rotatable bonds is 4. The Morgan fingerprint density at radius 1 is 1.29 bits per heavy atom. The molecule has 2 N–H and O–H groups in total. The lowest BCUT2D eigenvalue weighted by Crippen LogP contribution is -2.19. The number of nitrogens with one attached hydrogen (secondary N) is 2. The molecule has 0 heterocycles. The summed E-state index contributed by atoms with van der Waals surface area (Å²) in [6.45, 7) is 0. The first kappa shape index (κ1) is 15.9. The van der Waals surface area contributed by atoms with E-state index >= 15 is 0 Å². The zero-order valence-electron chi connectivity index (χ0n) is 11.6. The van der Waals surface area contributed by atoms with E-state index in [1.165, 1.54) is 19.2 Å². The van der Waals surface area contributed by atoms with Crippen LogP contribution in [0.2, 0.25) is 5.02 Å². The third kappa shape index (κ3) is 3.77. The van der Waals surface area contributed by atoms with Gasteiger partial charge in [-0.15, -0.1) is 0 Å². The molecule has 1 aliphatic rings. The average molecular weight is 329 g/mol. The van der Waals surface area contributed by atoms with E-state index < -0.39 is 10.0 Å². The maximum absolute atomic E-state index is 12.3. The highest BCUT2D eigenvalue weighted by Gasteiger charge is 2.21. The minimum atomic E-state index is -3.61. The zero-order valence-corrected chi connectivity index (χ0v) is 13.2. The third-order valence-corrected chi connectivity index (χ3v) is 5.17. The largest absolute Gasteiger partial charge is 0.355 e. The van der Waals surface area contributed by atoms with Gasteiger partial charge < -0.3 is 5.32 Å². The van der Waals surface area contributed by atoms with Gasteiger partial charge in [0.2, 0.25) is 0 Å². The molecule has 1 aromatic rings. The van der Waals surface area contributed by atoms with Crippen molar-refractivity contribution in [3.05, 3.63) is 39.8 Å². The number of halogens is 1. The molecule has 114 valence electrons. The second-order valence-electron chi connectivity index (χ2n) is 4.80. The molecule has 0 fully saturated rings. The maximum Gasteiger partial charge on any atom is 0.257 e. The van der Waals surface area contributed by atoms with Crippen LogP contribution in [0.15, 0.2) is 29.2 Å². The van der Waals surface area contributed by atoms with Crippen molar-refractivity contribution in [2.45, 2.75) is 25.7 Å². The van der Waals surface area contributed by atoms with Gasteiger partial charge in [-0.25, -0.2) is 8.42 Å². The van der Waals surface area contributed by atoms with Crippen molar-refractivity contribution in [1.29, 1.82) is 0 Å². The summed E-state index contributed by atoms with van der Waals surface area (Å²) in [6.07, 6.45) is 4.90. The topological polar surface area (TPSA) is 75.3 Å². The predicted octanol–water partition coefficient (Wildman–Crippen LogP) is 2.90. The molecule has 0 aromatic heterocycles. The van der Waals surface area contributed by atoms with Crippen LogP contribution in [0, 0.1) is 0 Å². The minimum Gasteiger partial charge on any atom is -0.355 e. The molecule has 0 unspecified atom stereocenters. The van der Waals surface area contributed by atoms with Gasteiger partial charge in [0.05, 0.1) is 15.6 Å². The van der Waals surface area contributed by atoms with Crippen LogP contribution in [0.4, 0.5) is 5.69 Å². The standard InChI is InChI=1S/C14H17ClN2O3S/c1-16-14(18)10-7-8-12(15)13(9-10)17-21(19,20)11-5-3-2-4-6-11/h5,7-9,17H,2-4,6H2,1H3,(H,16,18). The summed E-state index contributed by atoms with van der Waals surface area (Å²) in [5.74, 6) is -0.302. The number of hydrogen-bond donors (Lipinski definition) is 2. The van der Waals surface area contributed by atoms with Gasteiger partial charge >= 0.3 is 0 Å². The minimum absolute atomic E-state index is 0.212. The molecule has 1 aromatic carbocycles. The number of benzene rings is 1. The quantitative estimate of drug-likeness (QED) is 0.892. The molecule has 0 saturated carbocycles. The van der Waals surface area contributed by atoms with Gasteiger partial charge in [-0.2, -0.15) is 0 Å². The van der Waals surface area contributed by atoms with E-state index in [1.54, 1.807) is 12.1 Å². The van der Waals surface area contributed by atoms with Crippen LogP contribution in [0.5, 0.6) is 0 Å². The maximum atomic E-state index is 12.3. The fourth-order valence-corrected chi connectivity index (χ4v) is 3.71. The summed E-state index contributed by atoms with van der Waals surface area (Å²) in [6, 6.07) is 4.47. The summed E-state index contributed by atoms with van der Waals surface area (Å²) in [7, 11) is -2.11. The van der Waals surface area contributed by atoms with Gasteiger partial charge in [-0.05, 0) is 43.9 Å². The Balaban J connectivity index is 2.30. The number of carbonyl (C=O) groups excluding carboxylic acids is 1. The van der Waals surface area contributed by atoms with Gasteiger partial charge in [-0.1, -0.05) is 17.7 Å². The first-order valence-corrected chi connectivity index (χ1v) is 8.53. The molecule has 1 amide bonds. The second kappa shape index (κ2) is 6.49. The van der Waals surface area contributed by atoms with Crippen molar-refractivity contribution < 1.29 is 13.2 Å². The van der Waals surface area contributed by atoms with Crippen LogP contribution in [-0.4, -0.2) is 21.4 Å². The lowest BCUT2D eigenvalue weighted by atomic mass is 10.1. The van der Waals surface area contributed by atoms with Crippen molar-refractivity contribution in [1.82, 2.24) is 5.32 Å². The number of anilines is 1. The predicted molar refractivity (Wildman–Crippen MR) is 83.9 cm³/mol. The second-order valence-corrected chi connectivity index (χ2v) is 6.94. The van der Waals surface area contributed by atoms with E-state index in [-0.39, 0.29) is 16.6 Å². The van der Waals surface area contributed by atoms with Crippen LogP contribution in [0.1, 0.15) is 36.0 Å². The van der Waals surface area contributed by atoms with Gasteiger partial charge in [0.1, 0.15) is 0 Å². The number of carbonyl (C=O) groups is 1. The molecule has 0 aliphatic heterocycles. The Morgan fingerprint density at radius 2 is 2.05 bits per heavy atom. The van der Waals surface area contributed by atoms with Gasteiger partial charge in [0, 0.05) is 12.6 Å². The van der Waals surface area contributed by atoms with Gasteiger partial charge in [0.15, 0.2) is 0 Å².